The number of nitrogens with zero attached hydrogens (tertiary/aromatic N) is 2. The molecule has 9 heteroatoms. The quantitative estimate of drug-likeness (QED) is 0.787. The maximum atomic E-state index is 12.3. The van der Waals surface area contributed by atoms with Crippen LogP contribution in [0.15, 0.2) is 57.8 Å². The Kier molecular flexibility index (Phi) is 5.22. The van der Waals surface area contributed by atoms with Gasteiger partial charge in [-0.05, 0) is 43.3 Å². The van der Waals surface area contributed by atoms with Crippen LogP contribution in [0.25, 0.3) is 0 Å². The summed E-state index contributed by atoms with van der Waals surface area (Å²) in [7, 11) is -3.74. The largest absolute Gasteiger partial charge is 0.462 e. The molecule has 1 aliphatic rings. The lowest BCUT2D eigenvalue weighted by Gasteiger charge is -2.24. The van der Waals surface area contributed by atoms with Crippen molar-refractivity contribution in [2.75, 3.05) is 23.4 Å². The van der Waals surface area contributed by atoms with Crippen LogP contribution in [0.4, 0.5) is 11.4 Å². The van der Waals surface area contributed by atoms with E-state index in [9.17, 15) is 18.0 Å². The molecule has 1 aliphatic heterocycles. The fraction of sp³-hybridized carbons (Fsp3) is 0.167. The van der Waals surface area contributed by atoms with E-state index in [-0.39, 0.29) is 24.0 Å². The number of amides is 1. The summed E-state index contributed by atoms with van der Waals surface area (Å²) in [6.07, 6.45) is 1.13. The molecule has 0 saturated carbocycles. The summed E-state index contributed by atoms with van der Waals surface area (Å²) in [6.45, 7) is 1.89. The molecule has 8 nitrogen and oxygen atoms in total. The highest BCUT2D eigenvalue weighted by Crippen LogP contribution is 2.28. The van der Waals surface area contributed by atoms with Crippen molar-refractivity contribution >= 4 is 39.6 Å². The van der Waals surface area contributed by atoms with Crippen LogP contribution < -0.4 is 10.2 Å². The molecule has 0 unspecified atom stereocenters. The zero-order valence-corrected chi connectivity index (χ0v) is 15.3. The minimum Gasteiger partial charge on any atom is -0.462 e. The minimum absolute atomic E-state index is 0.0547. The van der Waals surface area contributed by atoms with Gasteiger partial charge in [-0.1, -0.05) is 12.1 Å². The van der Waals surface area contributed by atoms with Crippen LogP contribution in [0.3, 0.4) is 0 Å². The highest BCUT2D eigenvalue weighted by Gasteiger charge is 2.25. The fourth-order valence-corrected chi connectivity index (χ4v) is 3.59. The van der Waals surface area contributed by atoms with Crippen molar-refractivity contribution in [3.05, 3.63) is 54.1 Å². The third-order valence-electron chi connectivity index (χ3n) is 3.77. The smallest absolute Gasteiger partial charge is 0.338 e. The van der Waals surface area contributed by atoms with Crippen molar-refractivity contribution < 1.29 is 22.7 Å². The molecule has 0 radical (unpaired) electrons. The summed E-state index contributed by atoms with van der Waals surface area (Å²) in [5.74, 6) is -0.794. The molecule has 1 N–H and O–H groups in total. The van der Waals surface area contributed by atoms with E-state index < -0.39 is 16.0 Å². The Morgan fingerprint density at radius 3 is 2.52 bits per heavy atom. The Hall–Kier alpha value is -3.20. The van der Waals surface area contributed by atoms with Crippen molar-refractivity contribution in [1.82, 2.24) is 0 Å². The molecule has 0 aliphatic carbocycles. The standard InChI is InChI=1S/C18H17N3O5S/c1-2-26-18(23)13-7-9-14(10-8-13)20-17(22)11-21-12-19-27(24,25)16-6-4-3-5-15(16)21/h3-10,12H,2,11H2,1H3,(H,20,22). The Bertz CT molecular complexity index is 1000. The molecular weight excluding hydrogens is 370 g/mol. The van der Waals surface area contributed by atoms with Crippen molar-refractivity contribution in [1.29, 1.82) is 0 Å². The van der Waals surface area contributed by atoms with Crippen LogP contribution in [-0.2, 0) is 19.6 Å². The van der Waals surface area contributed by atoms with Crippen LogP contribution in [-0.4, -0.2) is 39.8 Å². The predicted octanol–water partition coefficient (Wildman–Crippen LogP) is 2.04. The van der Waals surface area contributed by atoms with E-state index in [0.29, 0.717) is 16.9 Å². The molecule has 27 heavy (non-hydrogen) atoms. The number of nitrogens with one attached hydrogen (secondary N) is 1. The van der Waals surface area contributed by atoms with Gasteiger partial charge in [0.1, 0.15) is 17.8 Å². The summed E-state index contributed by atoms with van der Waals surface area (Å²) >= 11 is 0. The molecule has 0 atom stereocenters. The maximum absolute atomic E-state index is 12.3. The van der Waals surface area contributed by atoms with E-state index in [1.165, 1.54) is 11.0 Å². The fourth-order valence-electron chi connectivity index (χ4n) is 2.54. The van der Waals surface area contributed by atoms with Gasteiger partial charge in [-0.15, -0.1) is 4.40 Å². The summed E-state index contributed by atoms with van der Waals surface area (Å²) in [4.78, 5) is 25.5. The van der Waals surface area contributed by atoms with Crippen LogP contribution in [0.5, 0.6) is 0 Å². The van der Waals surface area contributed by atoms with Crippen molar-refractivity contribution in [2.24, 2.45) is 4.40 Å². The van der Waals surface area contributed by atoms with E-state index in [1.54, 1.807) is 49.4 Å². The lowest BCUT2D eigenvalue weighted by Crippen LogP contribution is -2.35. The van der Waals surface area contributed by atoms with Crippen LogP contribution >= 0.6 is 0 Å². The van der Waals surface area contributed by atoms with Crippen molar-refractivity contribution in [3.63, 3.8) is 0 Å². The van der Waals surface area contributed by atoms with Crippen LogP contribution in [0.2, 0.25) is 0 Å². The Labute approximate surface area is 156 Å². The van der Waals surface area contributed by atoms with Gasteiger partial charge in [-0.3, -0.25) is 4.79 Å². The lowest BCUT2D eigenvalue weighted by atomic mass is 10.2. The van der Waals surface area contributed by atoms with Gasteiger partial charge in [0.05, 0.1) is 17.9 Å². The van der Waals surface area contributed by atoms with Gasteiger partial charge in [0, 0.05) is 5.69 Å². The van der Waals surface area contributed by atoms with E-state index in [0.717, 1.165) is 6.34 Å². The number of sulfonamides is 1. The van der Waals surface area contributed by atoms with E-state index in [2.05, 4.69) is 9.71 Å². The molecule has 1 amide bonds. The first-order chi connectivity index (χ1) is 12.9. The van der Waals surface area contributed by atoms with Crippen LogP contribution in [0, 0.1) is 0 Å². The van der Waals surface area contributed by atoms with Gasteiger partial charge in [-0.25, -0.2) is 4.79 Å². The lowest BCUT2D eigenvalue weighted by molar-refractivity contribution is -0.114. The Morgan fingerprint density at radius 1 is 1.11 bits per heavy atom. The second kappa shape index (κ2) is 7.58. The van der Waals surface area contributed by atoms with Crippen molar-refractivity contribution in [3.8, 4) is 0 Å². The normalized spacial score (nSPS) is 14.3. The molecule has 2 aromatic rings. The number of hydrogen-bond acceptors (Lipinski definition) is 6. The molecular formula is C18H17N3O5S. The number of benzene rings is 2. The van der Waals surface area contributed by atoms with Gasteiger partial charge in [0.2, 0.25) is 5.91 Å². The number of carbonyl (C=O) groups is 2. The number of rotatable bonds is 5. The molecule has 0 fully saturated rings. The number of anilines is 2. The molecule has 3 rings (SSSR count). The van der Waals surface area contributed by atoms with E-state index in [1.807, 2.05) is 0 Å². The predicted molar refractivity (Wildman–Crippen MR) is 100 cm³/mol. The molecule has 140 valence electrons. The SMILES string of the molecule is CCOC(=O)c1ccc(NC(=O)CN2C=NS(=O)(=O)c3ccccc32)cc1. The Balaban J connectivity index is 1.69. The van der Waals surface area contributed by atoms with E-state index >= 15 is 0 Å². The third kappa shape index (κ3) is 4.14. The Morgan fingerprint density at radius 2 is 1.81 bits per heavy atom. The zero-order valence-electron chi connectivity index (χ0n) is 14.5. The summed E-state index contributed by atoms with van der Waals surface area (Å²) in [5.41, 5.74) is 1.28. The average Bonchev–Trinajstić information content (AvgIpc) is 2.65. The number of ether oxygens (including phenoxy) is 1. The first-order valence-corrected chi connectivity index (χ1v) is 9.58. The number of para-hydroxylation sites is 1. The number of fused-ring (bicyclic) bond motifs is 1. The minimum atomic E-state index is -3.74. The summed E-state index contributed by atoms with van der Waals surface area (Å²) < 4.78 is 32.4. The number of esters is 1. The van der Waals surface area contributed by atoms with Gasteiger partial charge in [0.25, 0.3) is 10.0 Å². The van der Waals surface area contributed by atoms with Crippen molar-refractivity contribution in [2.45, 2.75) is 11.8 Å². The molecule has 0 bridgehead atoms. The molecule has 2 aromatic carbocycles. The first kappa shape index (κ1) is 18.6. The van der Waals surface area contributed by atoms with Gasteiger partial charge >= 0.3 is 5.97 Å². The number of carbonyl (C=O) groups excluding carboxylic acids is 2. The van der Waals surface area contributed by atoms with Crippen LogP contribution in [0.1, 0.15) is 17.3 Å². The second-order valence-corrected chi connectivity index (χ2v) is 7.24. The zero-order chi connectivity index (χ0) is 19.4. The number of hydrogen-bond donors (Lipinski definition) is 1. The summed E-state index contributed by atoms with van der Waals surface area (Å²) in [6, 6.07) is 12.6. The third-order valence-corrected chi connectivity index (χ3v) is 5.04. The summed E-state index contributed by atoms with van der Waals surface area (Å²) in [5, 5.41) is 2.70. The van der Waals surface area contributed by atoms with E-state index in [4.69, 9.17) is 4.74 Å². The second-order valence-electron chi connectivity index (χ2n) is 5.64. The highest BCUT2D eigenvalue weighted by atomic mass is 32.2. The van der Waals surface area contributed by atoms with Gasteiger partial charge < -0.3 is 15.0 Å². The first-order valence-electron chi connectivity index (χ1n) is 8.14. The molecule has 0 saturated heterocycles. The molecule has 0 spiro atoms. The van der Waals surface area contributed by atoms with Gasteiger partial charge in [-0.2, -0.15) is 8.42 Å². The van der Waals surface area contributed by atoms with Gasteiger partial charge in [0.15, 0.2) is 0 Å². The topological polar surface area (TPSA) is 105 Å². The molecule has 0 aromatic heterocycles. The average molecular weight is 387 g/mol. The maximum Gasteiger partial charge on any atom is 0.338 e. The monoisotopic (exact) mass is 387 g/mol. The molecule has 1 heterocycles. The highest BCUT2D eigenvalue weighted by molar-refractivity contribution is 7.90.